The monoisotopic (exact) mass is 258 g/mol. The molecule has 1 N–H and O–H groups in total. The molecule has 19 heavy (non-hydrogen) atoms. The fourth-order valence-corrected chi connectivity index (χ4v) is 3.74. The van der Waals surface area contributed by atoms with Gasteiger partial charge in [0.15, 0.2) is 0 Å². The molecule has 1 unspecified atom stereocenters. The van der Waals surface area contributed by atoms with Crippen LogP contribution in [0.15, 0.2) is 24.3 Å². The van der Waals surface area contributed by atoms with Gasteiger partial charge in [-0.3, -0.25) is 4.90 Å². The standard InChI is InChI=1S/C17H26N2/c1-2-4-15-5-3-6-16(11-15)12-19-10-8-17(14-19)7-9-18-13-17/h3,5-6,11,18H,2,4,7-10,12-14H2,1H3. The van der Waals surface area contributed by atoms with Crippen LogP contribution in [0.4, 0.5) is 0 Å². The van der Waals surface area contributed by atoms with Crippen LogP contribution in [0.5, 0.6) is 0 Å². The maximum absolute atomic E-state index is 3.54. The summed E-state index contributed by atoms with van der Waals surface area (Å²) in [7, 11) is 0. The Morgan fingerprint density at radius 3 is 2.95 bits per heavy atom. The van der Waals surface area contributed by atoms with E-state index >= 15 is 0 Å². The van der Waals surface area contributed by atoms with E-state index in [2.05, 4.69) is 41.4 Å². The smallest absolute Gasteiger partial charge is 0.0234 e. The van der Waals surface area contributed by atoms with E-state index in [0.29, 0.717) is 5.41 Å². The Kier molecular flexibility index (Phi) is 3.90. The molecular weight excluding hydrogens is 232 g/mol. The highest BCUT2D eigenvalue weighted by atomic mass is 15.2. The van der Waals surface area contributed by atoms with Crippen LogP contribution in [-0.2, 0) is 13.0 Å². The Morgan fingerprint density at radius 2 is 2.16 bits per heavy atom. The van der Waals surface area contributed by atoms with Crippen molar-refractivity contribution in [3.8, 4) is 0 Å². The molecule has 3 rings (SSSR count). The van der Waals surface area contributed by atoms with Crippen molar-refractivity contribution in [1.82, 2.24) is 10.2 Å². The van der Waals surface area contributed by atoms with Gasteiger partial charge in [0, 0.05) is 19.6 Å². The van der Waals surface area contributed by atoms with Crippen LogP contribution in [0.3, 0.4) is 0 Å². The van der Waals surface area contributed by atoms with Gasteiger partial charge in [0.25, 0.3) is 0 Å². The predicted molar refractivity (Wildman–Crippen MR) is 80.3 cm³/mol. The van der Waals surface area contributed by atoms with Crippen molar-refractivity contribution in [2.75, 3.05) is 26.2 Å². The van der Waals surface area contributed by atoms with Gasteiger partial charge in [0.1, 0.15) is 0 Å². The Morgan fingerprint density at radius 1 is 1.26 bits per heavy atom. The second kappa shape index (κ2) is 5.64. The van der Waals surface area contributed by atoms with Crippen LogP contribution in [0, 0.1) is 5.41 Å². The molecule has 2 saturated heterocycles. The summed E-state index contributed by atoms with van der Waals surface area (Å²) in [6.45, 7) is 8.42. The summed E-state index contributed by atoms with van der Waals surface area (Å²) in [5.74, 6) is 0. The average molecular weight is 258 g/mol. The first-order chi connectivity index (χ1) is 9.30. The molecule has 2 aliphatic rings. The van der Waals surface area contributed by atoms with Gasteiger partial charge in [-0.25, -0.2) is 0 Å². The number of benzene rings is 1. The van der Waals surface area contributed by atoms with Gasteiger partial charge < -0.3 is 5.32 Å². The fraction of sp³-hybridized carbons (Fsp3) is 0.647. The van der Waals surface area contributed by atoms with Gasteiger partial charge in [0.2, 0.25) is 0 Å². The van der Waals surface area contributed by atoms with Crippen LogP contribution in [-0.4, -0.2) is 31.1 Å². The molecule has 0 bridgehead atoms. The zero-order valence-corrected chi connectivity index (χ0v) is 12.1. The SMILES string of the molecule is CCCc1cccc(CN2CCC3(CCNC3)C2)c1. The minimum atomic E-state index is 0.598. The summed E-state index contributed by atoms with van der Waals surface area (Å²) in [5, 5.41) is 3.54. The molecule has 1 spiro atoms. The zero-order chi connectivity index (χ0) is 13.1. The largest absolute Gasteiger partial charge is 0.316 e. The van der Waals surface area contributed by atoms with Gasteiger partial charge >= 0.3 is 0 Å². The summed E-state index contributed by atoms with van der Waals surface area (Å²) in [6.07, 6.45) is 5.21. The van der Waals surface area contributed by atoms with Crippen LogP contribution in [0.1, 0.15) is 37.3 Å². The van der Waals surface area contributed by atoms with E-state index in [1.165, 1.54) is 63.0 Å². The first-order valence-corrected chi connectivity index (χ1v) is 7.81. The molecule has 0 aliphatic carbocycles. The Balaban J connectivity index is 1.61. The first kappa shape index (κ1) is 13.1. The van der Waals surface area contributed by atoms with Crippen molar-refractivity contribution in [3.63, 3.8) is 0 Å². The van der Waals surface area contributed by atoms with Gasteiger partial charge in [-0.05, 0) is 48.9 Å². The molecule has 0 amide bonds. The quantitative estimate of drug-likeness (QED) is 0.893. The Bertz CT molecular complexity index is 421. The lowest BCUT2D eigenvalue weighted by Crippen LogP contribution is -2.28. The molecule has 2 heterocycles. The lowest BCUT2D eigenvalue weighted by molar-refractivity contribution is 0.268. The second-order valence-electron chi connectivity index (χ2n) is 6.46. The molecule has 104 valence electrons. The molecule has 2 fully saturated rings. The highest BCUT2D eigenvalue weighted by molar-refractivity contribution is 5.23. The minimum Gasteiger partial charge on any atom is -0.316 e. The van der Waals surface area contributed by atoms with Crippen molar-refractivity contribution in [2.24, 2.45) is 5.41 Å². The molecule has 0 radical (unpaired) electrons. The maximum atomic E-state index is 3.54. The van der Waals surface area contributed by atoms with Crippen LogP contribution >= 0.6 is 0 Å². The van der Waals surface area contributed by atoms with Gasteiger partial charge in [-0.1, -0.05) is 37.6 Å². The molecule has 0 saturated carbocycles. The zero-order valence-electron chi connectivity index (χ0n) is 12.1. The number of nitrogens with zero attached hydrogens (tertiary/aromatic N) is 1. The van der Waals surface area contributed by atoms with E-state index < -0.39 is 0 Å². The van der Waals surface area contributed by atoms with E-state index in [0.717, 1.165) is 6.54 Å². The molecule has 2 nitrogen and oxygen atoms in total. The van der Waals surface area contributed by atoms with Crippen molar-refractivity contribution >= 4 is 0 Å². The molecular formula is C17H26N2. The van der Waals surface area contributed by atoms with Gasteiger partial charge in [0.05, 0.1) is 0 Å². The Labute approximate surface area is 117 Å². The molecule has 2 heteroatoms. The topological polar surface area (TPSA) is 15.3 Å². The lowest BCUT2D eigenvalue weighted by Gasteiger charge is -2.23. The van der Waals surface area contributed by atoms with Crippen molar-refractivity contribution in [1.29, 1.82) is 0 Å². The summed E-state index contributed by atoms with van der Waals surface area (Å²) >= 11 is 0. The highest BCUT2D eigenvalue weighted by Crippen LogP contribution is 2.36. The molecule has 1 aromatic rings. The number of hydrogen-bond donors (Lipinski definition) is 1. The molecule has 1 aromatic carbocycles. The summed E-state index contributed by atoms with van der Waals surface area (Å²) in [4.78, 5) is 2.65. The van der Waals surface area contributed by atoms with Crippen LogP contribution < -0.4 is 5.32 Å². The van der Waals surface area contributed by atoms with E-state index in [9.17, 15) is 0 Å². The lowest BCUT2D eigenvalue weighted by atomic mass is 9.86. The number of hydrogen-bond acceptors (Lipinski definition) is 2. The summed E-state index contributed by atoms with van der Waals surface area (Å²) < 4.78 is 0. The minimum absolute atomic E-state index is 0.598. The number of aryl methyl sites for hydroxylation is 1. The predicted octanol–water partition coefficient (Wildman–Crippen LogP) is 2.82. The second-order valence-corrected chi connectivity index (χ2v) is 6.46. The third-order valence-electron chi connectivity index (χ3n) is 4.79. The van der Waals surface area contributed by atoms with Crippen molar-refractivity contribution in [3.05, 3.63) is 35.4 Å². The average Bonchev–Trinajstić information content (AvgIpc) is 3.02. The van der Waals surface area contributed by atoms with Crippen LogP contribution in [0.2, 0.25) is 0 Å². The van der Waals surface area contributed by atoms with Crippen molar-refractivity contribution < 1.29 is 0 Å². The first-order valence-electron chi connectivity index (χ1n) is 7.81. The summed E-state index contributed by atoms with van der Waals surface area (Å²) in [6, 6.07) is 9.18. The molecule has 1 atom stereocenters. The van der Waals surface area contributed by atoms with Gasteiger partial charge in [-0.15, -0.1) is 0 Å². The third-order valence-corrected chi connectivity index (χ3v) is 4.79. The number of nitrogens with one attached hydrogen (secondary N) is 1. The Hall–Kier alpha value is -0.860. The summed E-state index contributed by atoms with van der Waals surface area (Å²) in [5.41, 5.74) is 3.59. The normalized spacial score (nSPS) is 27.4. The third kappa shape index (κ3) is 3.01. The highest BCUT2D eigenvalue weighted by Gasteiger charge is 2.39. The number of likely N-dealkylation sites (tertiary alicyclic amines) is 1. The van der Waals surface area contributed by atoms with E-state index in [4.69, 9.17) is 0 Å². The van der Waals surface area contributed by atoms with Crippen molar-refractivity contribution in [2.45, 2.75) is 39.2 Å². The van der Waals surface area contributed by atoms with E-state index in [1.54, 1.807) is 0 Å². The van der Waals surface area contributed by atoms with Crippen LogP contribution in [0.25, 0.3) is 0 Å². The van der Waals surface area contributed by atoms with Gasteiger partial charge in [-0.2, -0.15) is 0 Å². The maximum Gasteiger partial charge on any atom is 0.0234 e. The molecule has 0 aromatic heterocycles. The van der Waals surface area contributed by atoms with E-state index in [-0.39, 0.29) is 0 Å². The fourth-order valence-electron chi connectivity index (χ4n) is 3.74. The van der Waals surface area contributed by atoms with E-state index in [1.807, 2.05) is 0 Å². The number of rotatable bonds is 4. The molecule has 2 aliphatic heterocycles.